The molecule has 6 heteroatoms. The topological polar surface area (TPSA) is 58.1 Å². The Balaban J connectivity index is 1.86. The van der Waals surface area contributed by atoms with Gasteiger partial charge in [-0.1, -0.05) is 34.1 Å². The molecule has 1 N–H and O–H groups in total. The molecule has 5 nitrogen and oxygen atoms in total. The molecule has 0 aliphatic rings. The van der Waals surface area contributed by atoms with Crippen LogP contribution >= 0.6 is 15.9 Å². The molecule has 126 valence electrons. The standard InChI is InChI=1S/C19H17BrN4O/c1-13-12-17(18(25)24(2)16-6-4-3-5-7-16)23-19(21-13)22-15-10-8-14(20)9-11-15/h3-12H,1-2H3,(H,21,22,23). The van der Waals surface area contributed by atoms with E-state index in [1.165, 1.54) is 0 Å². The molecule has 0 saturated carbocycles. The van der Waals surface area contributed by atoms with Crippen LogP contribution in [0.25, 0.3) is 0 Å². The molecule has 0 aliphatic heterocycles. The van der Waals surface area contributed by atoms with Crippen molar-refractivity contribution in [3.8, 4) is 0 Å². The summed E-state index contributed by atoms with van der Waals surface area (Å²) in [5.74, 6) is 0.211. The van der Waals surface area contributed by atoms with Crippen molar-refractivity contribution in [1.82, 2.24) is 9.97 Å². The van der Waals surface area contributed by atoms with Crippen LogP contribution in [0.4, 0.5) is 17.3 Å². The van der Waals surface area contributed by atoms with Crippen molar-refractivity contribution < 1.29 is 4.79 Å². The summed E-state index contributed by atoms with van der Waals surface area (Å²) in [7, 11) is 1.73. The van der Waals surface area contributed by atoms with Crippen molar-refractivity contribution in [2.45, 2.75) is 6.92 Å². The lowest BCUT2D eigenvalue weighted by Gasteiger charge is -2.17. The predicted molar refractivity (Wildman–Crippen MR) is 103 cm³/mol. The van der Waals surface area contributed by atoms with Crippen LogP contribution in [0.3, 0.4) is 0 Å². The predicted octanol–water partition coefficient (Wildman–Crippen LogP) is 4.57. The number of para-hydroxylation sites is 1. The third kappa shape index (κ3) is 4.22. The average Bonchev–Trinajstić information content (AvgIpc) is 2.62. The van der Waals surface area contributed by atoms with E-state index in [9.17, 15) is 4.79 Å². The first-order chi connectivity index (χ1) is 12.0. The Morgan fingerprint density at radius 3 is 2.40 bits per heavy atom. The third-order valence-corrected chi connectivity index (χ3v) is 4.15. The number of hydrogen-bond acceptors (Lipinski definition) is 4. The molecule has 1 aromatic heterocycles. The molecule has 2 aromatic carbocycles. The van der Waals surface area contributed by atoms with E-state index in [0.29, 0.717) is 11.6 Å². The van der Waals surface area contributed by atoms with Crippen molar-refractivity contribution in [3.05, 3.63) is 76.5 Å². The highest BCUT2D eigenvalue weighted by molar-refractivity contribution is 9.10. The average molecular weight is 397 g/mol. The normalized spacial score (nSPS) is 10.4. The van der Waals surface area contributed by atoms with E-state index in [2.05, 4.69) is 31.2 Å². The lowest BCUT2D eigenvalue weighted by molar-refractivity contribution is 0.0988. The highest BCUT2D eigenvalue weighted by Gasteiger charge is 2.16. The second-order valence-corrected chi connectivity index (χ2v) is 6.47. The monoisotopic (exact) mass is 396 g/mol. The molecule has 0 saturated heterocycles. The molecular formula is C19H17BrN4O. The SMILES string of the molecule is Cc1cc(C(=O)N(C)c2ccccc2)nc(Nc2ccc(Br)cc2)n1. The number of amides is 1. The number of carbonyl (C=O) groups excluding carboxylic acids is 1. The quantitative estimate of drug-likeness (QED) is 0.701. The molecule has 0 aliphatic carbocycles. The van der Waals surface area contributed by atoms with Gasteiger partial charge in [-0.05, 0) is 49.4 Å². The first-order valence-electron chi connectivity index (χ1n) is 7.74. The molecule has 25 heavy (non-hydrogen) atoms. The molecule has 0 fully saturated rings. The highest BCUT2D eigenvalue weighted by Crippen LogP contribution is 2.19. The molecule has 0 bridgehead atoms. The number of hydrogen-bond donors (Lipinski definition) is 1. The maximum absolute atomic E-state index is 12.7. The molecule has 0 radical (unpaired) electrons. The molecule has 0 spiro atoms. The van der Waals surface area contributed by atoms with E-state index in [0.717, 1.165) is 21.5 Å². The zero-order valence-electron chi connectivity index (χ0n) is 13.9. The van der Waals surface area contributed by atoms with Gasteiger partial charge in [0.05, 0.1) is 0 Å². The summed E-state index contributed by atoms with van der Waals surface area (Å²) < 4.78 is 0.989. The van der Waals surface area contributed by atoms with Crippen LogP contribution in [0.15, 0.2) is 65.1 Å². The lowest BCUT2D eigenvalue weighted by Crippen LogP contribution is -2.27. The Kier molecular flexibility index (Phi) is 5.09. The number of rotatable bonds is 4. The van der Waals surface area contributed by atoms with Gasteiger partial charge in [0.2, 0.25) is 5.95 Å². The van der Waals surface area contributed by atoms with Crippen LogP contribution in [0.5, 0.6) is 0 Å². The van der Waals surface area contributed by atoms with Crippen molar-refractivity contribution in [1.29, 1.82) is 0 Å². The van der Waals surface area contributed by atoms with Crippen LogP contribution in [0.2, 0.25) is 0 Å². The van der Waals surface area contributed by atoms with Gasteiger partial charge in [0.1, 0.15) is 5.69 Å². The van der Waals surface area contributed by atoms with Gasteiger partial charge in [0.15, 0.2) is 0 Å². The van der Waals surface area contributed by atoms with E-state index in [-0.39, 0.29) is 5.91 Å². The zero-order valence-corrected chi connectivity index (χ0v) is 15.5. The van der Waals surface area contributed by atoms with Gasteiger partial charge in [-0.3, -0.25) is 4.79 Å². The van der Waals surface area contributed by atoms with Gasteiger partial charge in [0, 0.05) is 28.6 Å². The molecule has 3 rings (SSSR count). The van der Waals surface area contributed by atoms with Gasteiger partial charge >= 0.3 is 0 Å². The summed E-state index contributed by atoms with van der Waals surface area (Å²) in [6.45, 7) is 1.84. The summed E-state index contributed by atoms with van der Waals surface area (Å²) in [5, 5.41) is 3.13. The van der Waals surface area contributed by atoms with Gasteiger partial charge in [-0.15, -0.1) is 0 Å². The van der Waals surface area contributed by atoms with E-state index in [4.69, 9.17) is 0 Å². The largest absolute Gasteiger partial charge is 0.324 e. The van der Waals surface area contributed by atoms with Crippen LogP contribution in [0.1, 0.15) is 16.2 Å². The van der Waals surface area contributed by atoms with Crippen molar-refractivity contribution >= 4 is 39.2 Å². The number of carbonyl (C=O) groups is 1. The summed E-state index contributed by atoms with van der Waals surface area (Å²) in [6, 6.07) is 18.8. The number of aromatic nitrogens is 2. The van der Waals surface area contributed by atoms with Gasteiger partial charge in [-0.2, -0.15) is 0 Å². The van der Waals surface area contributed by atoms with Gasteiger partial charge in [0.25, 0.3) is 5.91 Å². The Labute approximate surface area is 154 Å². The first kappa shape index (κ1) is 17.1. The fraction of sp³-hybridized carbons (Fsp3) is 0.105. The molecule has 1 amide bonds. The molecule has 3 aromatic rings. The minimum atomic E-state index is -0.185. The van der Waals surface area contributed by atoms with Crippen LogP contribution in [-0.2, 0) is 0 Å². The van der Waals surface area contributed by atoms with E-state index in [1.54, 1.807) is 18.0 Å². The highest BCUT2D eigenvalue weighted by atomic mass is 79.9. The van der Waals surface area contributed by atoms with Crippen molar-refractivity contribution in [3.63, 3.8) is 0 Å². The van der Waals surface area contributed by atoms with Crippen molar-refractivity contribution in [2.75, 3.05) is 17.3 Å². The number of nitrogens with one attached hydrogen (secondary N) is 1. The summed E-state index contributed by atoms with van der Waals surface area (Å²) >= 11 is 3.40. The summed E-state index contributed by atoms with van der Waals surface area (Å²) in [5.41, 5.74) is 2.73. The molecule has 1 heterocycles. The Morgan fingerprint density at radius 2 is 1.72 bits per heavy atom. The minimum Gasteiger partial charge on any atom is -0.324 e. The smallest absolute Gasteiger partial charge is 0.276 e. The fourth-order valence-electron chi connectivity index (χ4n) is 2.34. The molecular weight excluding hydrogens is 380 g/mol. The number of anilines is 3. The first-order valence-corrected chi connectivity index (χ1v) is 8.53. The second-order valence-electron chi connectivity index (χ2n) is 5.55. The minimum absolute atomic E-state index is 0.185. The maximum atomic E-state index is 12.7. The van der Waals surface area contributed by atoms with E-state index in [1.807, 2.05) is 61.5 Å². The maximum Gasteiger partial charge on any atom is 0.276 e. The van der Waals surface area contributed by atoms with Gasteiger partial charge in [-0.25, -0.2) is 9.97 Å². The van der Waals surface area contributed by atoms with Crippen LogP contribution < -0.4 is 10.2 Å². The number of benzene rings is 2. The summed E-state index contributed by atoms with van der Waals surface area (Å²) in [4.78, 5) is 23.1. The van der Waals surface area contributed by atoms with E-state index < -0.39 is 0 Å². The Bertz CT molecular complexity index is 882. The second kappa shape index (κ2) is 7.44. The third-order valence-electron chi connectivity index (χ3n) is 3.62. The van der Waals surface area contributed by atoms with E-state index >= 15 is 0 Å². The summed E-state index contributed by atoms with van der Waals surface area (Å²) in [6.07, 6.45) is 0. The molecule has 0 atom stereocenters. The van der Waals surface area contributed by atoms with Gasteiger partial charge < -0.3 is 10.2 Å². The number of nitrogens with zero attached hydrogens (tertiary/aromatic N) is 3. The Morgan fingerprint density at radius 1 is 1.04 bits per heavy atom. The van der Waals surface area contributed by atoms with Crippen LogP contribution in [0, 0.1) is 6.92 Å². The lowest BCUT2D eigenvalue weighted by atomic mass is 10.2. The molecule has 0 unspecified atom stereocenters. The number of halogens is 1. The van der Waals surface area contributed by atoms with Crippen molar-refractivity contribution in [2.24, 2.45) is 0 Å². The Hall–Kier alpha value is -2.73. The number of aryl methyl sites for hydroxylation is 1. The zero-order chi connectivity index (χ0) is 17.8. The van der Waals surface area contributed by atoms with Crippen LogP contribution in [-0.4, -0.2) is 22.9 Å². The fourth-order valence-corrected chi connectivity index (χ4v) is 2.60.